The van der Waals surface area contributed by atoms with E-state index in [1.54, 1.807) is 0 Å². The van der Waals surface area contributed by atoms with Crippen LogP contribution in [0.1, 0.15) is 6.92 Å². The molecule has 0 amide bonds. The zero-order chi connectivity index (χ0) is 7.23. The fraction of sp³-hybridized carbons (Fsp3) is 0.111. The Morgan fingerprint density at radius 2 is 2.36 bits per heavy atom. The van der Waals surface area contributed by atoms with Crippen molar-refractivity contribution in [3.63, 3.8) is 0 Å². The Morgan fingerprint density at radius 1 is 1.55 bits per heavy atom. The molecule has 0 unspecified atom stereocenters. The summed E-state index contributed by atoms with van der Waals surface area (Å²) in [6.07, 6.45) is 4.68. The third kappa shape index (κ3) is 4.33. The predicted molar refractivity (Wildman–Crippen MR) is 42.4 cm³/mol. The molecule has 1 aromatic rings. The summed E-state index contributed by atoms with van der Waals surface area (Å²) < 4.78 is 0. The van der Waals surface area contributed by atoms with Crippen molar-refractivity contribution in [3.8, 4) is 0 Å². The van der Waals surface area contributed by atoms with Gasteiger partial charge in [0.15, 0.2) is 0 Å². The summed E-state index contributed by atoms with van der Waals surface area (Å²) in [7, 11) is 0. The van der Waals surface area contributed by atoms with Gasteiger partial charge in [0.25, 0.3) is 0 Å². The van der Waals surface area contributed by atoms with Crippen LogP contribution in [0.5, 0.6) is 0 Å². The average Bonchev–Trinajstić information content (AvgIpc) is 2.03. The van der Waals surface area contributed by atoms with E-state index in [9.17, 15) is 0 Å². The molecule has 1 aromatic carbocycles. The second-order valence-corrected chi connectivity index (χ2v) is 1.83. The Kier molecular flexibility index (Phi) is 6.49. The monoisotopic (exact) mass is 220 g/mol. The Balaban J connectivity index is 0.000001000. The summed E-state index contributed by atoms with van der Waals surface area (Å²) in [4.78, 5) is 0. The van der Waals surface area contributed by atoms with Crippen LogP contribution >= 0.6 is 0 Å². The molecule has 1 nitrogen and oxygen atoms in total. The molecule has 0 aliphatic heterocycles. The van der Waals surface area contributed by atoms with Crippen LogP contribution in [0, 0.1) is 12.3 Å². The molecule has 0 spiro atoms. The number of rotatable bonds is 2. The zero-order valence-electron chi connectivity index (χ0n) is 6.46. The molecule has 0 aliphatic carbocycles. The first kappa shape index (κ1) is 10.9. The van der Waals surface area contributed by atoms with Crippen molar-refractivity contribution in [1.29, 1.82) is 0 Å². The Bertz CT molecular complexity index is 206. The maximum atomic E-state index is 3.01. The van der Waals surface area contributed by atoms with Gasteiger partial charge in [0, 0.05) is 32.7 Å². The van der Waals surface area contributed by atoms with E-state index in [1.807, 2.05) is 37.3 Å². The minimum absolute atomic E-state index is 0. The smallest absolute Gasteiger partial charge is 0 e. The fourth-order valence-electron chi connectivity index (χ4n) is 0.621. The topological polar surface area (TPSA) is 12.0 Å². The first-order chi connectivity index (χ1) is 4.93. The number of allylic oxidation sites excluding steroid dienone is 1. The summed E-state index contributed by atoms with van der Waals surface area (Å²) in [5.74, 6) is 0. The van der Waals surface area contributed by atoms with E-state index in [-0.39, 0.29) is 32.7 Å². The van der Waals surface area contributed by atoms with Crippen molar-refractivity contribution in [2.45, 2.75) is 6.92 Å². The van der Waals surface area contributed by atoms with Crippen LogP contribution in [0.2, 0.25) is 0 Å². The second kappa shape index (κ2) is 6.57. The van der Waals surface area contributed by atoms with Crippen molar-refractivity contribution in [1.82, 2.24) is 0 Å². The number of hydrogen-bond acceptors (Lipinski definition) is 1. The SMILES string of the molecule is CC=[C-]Nc1[c-]cccc1.[Y]. The molecule has 0 aliphatic rings. The summed E-state index contributed by atoms with van der Waals surface area (Å²) in [6, 6.07) is 10.7. The zero-order valence-corrected chi connectivity index (χ0v) is 9.30. The van der Waals surface area contributed by atoms with Gasteiger partial charge >= 0.3 is 0 Å². The predicted octanol–water partition coefficient (Wildman–Crippen LogP) is 2.23. The Hall–Kier alpha value is -0.136. The summed E-state index contributed by atoms with van der Waals surface area (Å²) in [6.45, 7) is 1.91. The summed E-state index contributed by atoms with van der Waals surface area (Å²) in [5.41, 5.74) is 0.945. The van der Waals surface area contributed by atoms with E-state index in [2.05, 4.69) is 17.6 Å². The molecule has 0 heterocycles. The van der Waals surface area contributed by atoms with Gasteiger partial charge in [-0.25, -0.2) is 11.8 Å². The van der Waals surface area contributed by atoms with Crippen molar-refractivity contribution in [2.75, 3.05) is 5.32 Å². The van der Waals surface area contributed by atoms with Gasteiger partial charge < -0.3 is 5.32 Å². The maximum Gasteiger partial charge on any atom is 0 e. The fourth-order valence-corrected chi connectivity index (χ4v) is 0.621. The van der Waals surface area contributed by atoms with Gasteiger partial charge in [-0.15, -0.1) is 0 Å². The van der Waals surface area contributed by atoms with Crippen LogP contribution in [0.25, 0.3) is 0 Å². The van der Waals surface area contributed by atoms with Crippen molar-refractivity contribution in [2.24, 2.45) is 0 Å². The molecule has 0 bridgehead atoms. The summed E-state index contributed by atoms with van der Waals surface area (Å²) >= 11 is 0. The van der Waals surface area contributed by atoms with Gasteiger partial charge in [-0.05, 0) is 0 Å². The van der Waals surface area contributed by atoms with Crippen molar-refractivity contribution in [3.05, 3.63) is 42.6 Å². The number of nitrogens with one attached hydrogen (secondary N) is 1. The number of anilines is 1. The second-order valence-electron chi connectivity index (χ2n) is 1.83. The van der Waals surface area contributed by atoms with E-state index in [0.717, 1.165) is 5.69 Å². The number of hydrogen-bond donors (Lipinski definition) is 1. The molecule has 11 heavy (non-hydrogen) atoms. The Labute approximate surface area is 92.8 Å². The van der Waals surface area contributed by atoms with E-state index in [1.165, 1.54) is 0 Å². The number of para-hydroxylation sites is 1. The van der Waals surface area contributed by atoms with Crippen LogP contribution < -0.4 is 5.32 Å². The molecule has 1 rings (SSSR count). The normalized spacial score (nSPS) is 9.18. The average molecular weight is 220 g/mol. The molecule has 0 saturated heterocycles. The van der Waals surface area contributed by atoms with Crippen LogP contribution in [-0.4, -0.2) is 0 Å². The Morgan fingerprint density at radius 3 is 2.91 bits per heavy atom. The van der Waals surface area contributed by atoms with E-state index in [0.29, 0.717) is 0 Å². The molecule has 0 fully saturated rings. The molecule has 1 N–H and O–H groups in total. The largest absolute Gasteiger partial charge is 0.545 e. The standard InChI is InChI=1S/C9H9N.Y/c1-2-8-10-9-6-4-3-5-7-9;/h2-6,10H,1H3;/q-2;. The first-order valence-electron chi connectivity index (χ1n) is 3.19. The van der Waals surface area contributed by atoms with Crippen LogP contribution in [0.3, 0.4) is 0 Å². The van der Waals surface area contributed by atoms with Crippen molar-refractivity contribution < 1.29 is 32.7 Å². The van der Waals surface area contributed by atoms with Gasteiger partial charge in [-0.3, -0.25) is 6.07 Å². The first-order valence-corrected chi connectivity index (χ1v) is 3.19. The molecule has 0 aromatic heterocycles. The number of benzene rings is 1. The minimum atomic E-state index is 0. The van der Waals surface area contributed by atoms with Crippen LogP contribution in [0.4, 0.5) is 5.69 Å². The van der Waals surface area contributed by atoms with Gasteiger partial charge in [0.1, 0.15) is 0 Å². The van der Waals surface area contributed by atoms with Gasteiger partial charge in [0.05, 0.1) is 0 Å². The third-order valence-electron chi connectivity index (χ3n) is 1.06. The minimum Gasteiger partial charge on any atom is -0.545 e. The molecule has 2 heteroatoms. The molecular weight excluding hydrogens is 211 g/mol. The van der Waals surface area contributed by atoms with E-state index in [4.69, 9.17) is 0 Å². The molecular formula is C9H9NY-2. The van der Waals surface area contributed by atoms with Gasteiger partial charge in [0.2, 0.25) is 0 Å². The van der Waals surface area contributed by atoms with Crippen molar-refractivity contribution >= 4 is 5.69 Å². The van der Waals surface area contributed by atoms with Gasteiger partial charge in [-0.2, -0.15) is 30.5 Å². The quantitative estimate of drug-likeness (QED) is 0.595. The maximum absolute atomic E-state index is 3.01. The van der Waals surface area contributed by atoms with Gasteiger partial charge in [-0.1, -0.05) is 6.92 Å². The molecule has 1 radical (unpaired) electrons. The molecule has 0 atom stereocenters. The molecule has 0 saturated carbocycles. The van der Waals surface area contributed by atoms with Crippen LogP contribution in [-0.2, 0) is 32.7 Å². The van der Waals surface area contributed by atoms with Crippen LogP contribution in [0.15, 0.2) is 30.3 Å². The summed E-state index contributed by atoms with van der Waals surface area (Å²) in [5, 5.41) is 2.93. The van der Waals surface area contributed by atoms with E-state index < -0.39 is 0 Å². The third-order valence-corrected chi connectivity index (χ3v) is 1.06. The van der Waals surface area contributed by atoms with E-state index >= 15 is 0 Å². The molecule has 55 valence electrons.